The van der Waals surface area contributed by atoms with Crippen molar-refractivity contribution in [2.45, 2.75) is 56.3 Å². The number of ketones is 1. The minimum absolute atomic E-state index is 0.181. The molecule has 31 heavy (non-hydrogen) atoms. The summed E-state index contributed by atoms with van der Waals surface area (Å²) in [5, 5.41) is 69.6. The SMILES string of the molecule is CO[C@H](C[C@H](O[C@@H]1O[C@@H](CO)[C@@H](O)[C@@H](O)[C@H]1O)c1c(O)ccc(C(C)=O)c1O)C(=O)O. The van der Waals surface area contributed by atoms with Gasteiger partial charge in [0.2, 0.25) is 0 Å². The van der Waals surface area contributed by atoms with E-state index in [1.54, 1.807) is 0 Å². The highest BCUT2D eigenvalue weighted by Crippen LogP contribution is 2.41. The van der Waals surface area contributed by atoms with Crippen LogP contribution in [0.3, 0.4) is 0 Å². The summed E-state index contributed by atoms with van der Waals surface area (Å²) < 4.78 is 15.7. The van der Waals surface area contributed by atoms with Crippen molar-refractivity contribution in [3.63, 3.8) is 0 Å². The quantitative estimate of drug-likeness (QED) is 0.220. The Balaban J connectivity index is 2.49. The average Bonchev–Trinajstić information content (AvgIpc) is 2.71. The molecule has 1 aromatic rings. The van der Waals surface area contributed by atoms with Gasteiger partial charge in [0.1, 0.15) is 35.9 Å². The fraction of sp³-hybridized carbons (Fsp3) is 0.579. The molecule has 1 fully saturated rings. The van der Waals surface area contributed by atoms with Gasteiger partial charge in [0.25, 0.3) is 0 Å². The highest BCUT2D eigenvalue weighted by molar-refractivity contribution is 5.97. The Kier molecular flexibility index (Phi) is 8.31. The first-order chi connectivity index (χ1) is 14.5. The summed E-state index contributed by atoms with van der Waals surface area (Å²) in [6.07, 6.45) is -11.8. The number of aromatic hydroxyl groups is 2. The van der Waals surface area contributed by atoms with Crippen LogP contribution in [0.15, 0.2) is 12.1 Å². The summed E-state index contributed by atoms with van der Waals surface area (Å²) in [6, 6.07) is 2.25. The van der Waals surface area contributed by atoms with Crippen LogP contribution in [0.2, 0.25) is 0 Å². The third-order valence-corrected chi connectivity index (χ3v) is 5.03. The minimum Gasteiger partial charge on any atom is -0.507 e. The molecule has 7 atom stereocenters. The van der Waals surface area contributed by atoms with Crippen LogP contribution in [0.25, 0.3) is 0 Å². The predicted molar refractivity (Wildman–Crippen MR) is 100 cm³/mol. The number of benzene rings is 1. The van der Waals surface area contributed by atoms with Gasteiger partial charge in [0.15, 0.2) is 18.2 Å². The Morgan fingerprint density at radius 1 is 1.13 bits per heavy atom. The van der Waals surface area contributed by atoms with Crippen LogP contribution in [0.1, 0.15) is 35.4 Å². The molecule has 0 radical (unpaired) electrons. The molecule has 7 N–H and O–H groups in total. The van der Waals surface area contributed by atoms with Crippen molar-refractivity contribution in [1.82, 2.24) is 0 Å². The van der Waals surface area contributed by atoms with Gasteiger partial charge in [-0.1, -0.05) is 0 Å². The van der Waals surface area contributed by atoms with Crippen LogP contribution < -0.4 is 0 Å². The fourth-order valence-electron chi connectivity index (χ4n) is 3.27. The van der Waals surface area contributed by atoms with Crippen LogP contribution in [0, 0.1) is 0 Å². The highest BCUT2D eigenvalue weighted by Gasteiger charge is 2.45. The van der Waals surface area contributed by atoms with Crippen LogP contribution in [0.5, 0.6) is 11.5 Å². The number of methoxy groups -OCH3 is 1. The molecule has 12 heteroatoms. The van der Waals surface area contributed by atoms with Crippen molar-refractivity contribution in [1.29, 1.82) is 0 Å². The molecule has 0 bridgehead atoms. The standard InChI is InChI=1S/C19H26O12/c1-7(21)8-3-4-9(22)13(14(8)23)10(5-11(29-2)18(27)28)30-19-17(26)16(25)15(24)12(6-20)31-19/h3-4,10-12,15-17,19-20,22-26H,5-6H2,1-2H3,(H,27,28)/t10-,11+,12-,15+,16+,17+,19+/m0/s1. The van der Waals surface area contributed by atoms with Gasteiger partial charge in [-0.25, -0.2) is 4.79 Å². The van der Waals surface area contributed by atoms with Crippen molar-refractivity contribution in [3.05, 3.63) is 23.3 Å². The molecule has 0 amide bonds. The van der Waals surface area contributed by atoms with Crippen LogP contribution in [0.4, 0.5) is 0 Å². The van der Waals surface area contributed by atoms with Crippen molar-refractivity contribution in [2.75, 3.05) is 13.7 Å². The van der Waals surface area contributed by atoms with Crippen LogP contribution >= 0.6 is 0 Å². The number of aliphatic carboxylic acids is 1. The minimum atomic E-state index is -1.83. The number of hydrogen-bond acceptors (Lipinski definition) is 11. The van der Waals surface area contributed by atoms with Gasteiger partial charge in [-0.05, 0) is 19.1 Å². The Labute approximate surface area is 176 Å². The predicted octanol–water partition coefficient (Wildman–Crippen LogP) is -1.35. The number of phenols is 2. The van der Waals surface area contributed by atoms with Crippen molar-refractivity contribution >= 4 is 11.8 Å². The Morgan fingerprint density at radius 3 is 2.29 bits per heavy atom. The summed E-state index contributed by atoms with van der Waals surface area (Å²) in [5.41, 5.74) is -0.549. The van der Waals surface area contributed by atoms with Gasteiger partial charge in [-0.15, -0.1) is 0 Å². The lowest BCUT2D eigenvalue weighted by Crippen LogP contribution is -2.59. The molecule has 174 valence electrons. The summed E-state index contributed by atoms with van der Waals surface area (Å²) in [7, 11) is 1.11. The first kappa shape index (κ1) is 24.9. The maximum absolute atomic E-state index is 11.8. The molecular formula is C19H26O12. The Morgan fingerprint density at radius 2 is 1.77 bits per heavy atom. The van der Waals surface area contributed by atoms with Crippen molar-refractivity contribution in [2.24, 2.45) is 0 Å². The molecule has 1 aliphatic heterocycles. The number of phenolic OH excluding ortho intramolecular Hbond substituents is 2. The number of ether oxygens (including phenoxy) is 3. The van der Waals surface area contributed by atoms with E-state index >= 15 is 0 Å². The molecule has 0 spiro atoms. The lowest BCUT2D eigenvalue weighted by atomic mass is 9.96. The van der Waals surface area contributed by atoms with E-state index < -0.39 is 79.2 Å². The monoisotopic (exact) mass is 446 g/mol. The Bertz CT molecular complexity index is 794. The molecule has 1 heterocycles. The smallest absolute Gasteiger partial charge is 0.332 e. The molecule has 12 nitrogen and oxygen atoms in total. The number of aliphatic hydroxyl groups is 4. The van der Waals surface area contributed by atoms with E-state index in [9.17, 15) is 45.3 Å². The maximum atomic E-state index is 11.8. The van der Waals surface area contributed by atoms with Crippen LogP contribution in [-0.2, 0) is 19.0 Å². The number of carboxylic acid groups (broad SMARTS) is 1. The van der Waals surface area contributed by atoms with Gasteiger partial charge in [0.05, 0.1) is 23.8 Å². The lowest BCUT2D eigenvalue weighted by molar-refractivity contribution is -0.314. The number of carbonyl (C=O) groups is 2. The second-order valence-corrected chi connectivity index (χ2v) is 7.07. The van der Waals surface area contributed by atoms with E-state index in [1.165, 1.54) is 6.92 Å². The number of hydrogen-bond donors (Lipinski definition) is 7. The summed E-state index contributed by atoms with van der Waals surface area (Å²) in [6.45, 7) is 0.431. The third-order valence-electron chi connectivity index (χ3n) is 5.03. The normalized spacial score (nSPS) is 28.1. The molecule has 1 saturated heterocycles. The molecule has 1 aliphatic rings. The van der Waals surface area contributed by atoms with Gasteiger partial charge in [-0.2, -0.15) is 0 Å². The number of Topliss-reactive ketones (excluding diaryl/α,β-unsaturated/α-hetero) is 1. The van der Waals surface area contributed by atoms with E-state index in [2.05, 4.69) is 0 Å². The second kappa shape index (κ2) is 10.3. The maximum Gasteiger partial charge on any atom is 0.332 e. The molecule has 1 aromatic carbocycles. The van der Waals surface area contributed by atoms with Crippen molar-refractivity contribution in [3.8, 4) is 11.5 Å². The van der Waals surface area contributed by atoms with Gasteiger partial charge in [0, 0.05) is 13.5 Å². The van der Waals surface area contributed by atoms with E-state index in [4.69, 9.17) is 14.2 Å². The van der Waals surface area contributed by atoms with E-state index in [0.29, 0.717) is 0 Å². The second-order valence-electron chi connectivity index (χ2n) is 7.07. The molecule has 0 saturated carbocycles. The van der Waals surface area contributed by atoms with Gasteiger partial charge < -0.3 is 50.0 Å². The molecule has 2 rings (SSSR count). The number of rotatable bonds is 9. The number of aliphatic hydroxyl groups excluding tert-OH is 4. The third kappa shape index (κ3) is 5.30. The molecular weight excluding hydrogens is 420 g/mol. The fourth-order valence-corrected chi connectivity index (χ4v) is 3.27. The zero-order chi connectivity index (χ0) is 23.5. The summed E-state index contributed by atoms with van der Waals surface area (Å²) in [5.74, 6) is -3.17. The van der Waals surface area contributed by atoms with E-state index in [-0.39, 0.29) is 11.1 Å². The molecule has 0 aromatic heterocycles. The summed E-state index contributed by atoms with van der Waals surface area (Å²) >= 11 is 0. The zero-order valence-electron chi connectivity index (χ0n) is 16.8. The number of carboxylic acids is 1. The van der Waals surface area contributed by atoms with E-state index in [1.807, 2.05) is 0 Å². The average molecular weight is 446 g/mol. The highest BCUT2D eigenvalue weighted by atomic mass is 16.7. The first-order valence-corrected chi connectivity index (χ1v) is 9.30. The first-order valence-electron chi connectivity index (χ1n) is 9.30. The van der Waals surface area contributed by atoms with Gasteiger partial charge >= 0.3 is 5.97 Å². The van der Waals surface area contributed by atoms with E-state index in [0.717, 1.165) is 19.2 Å². The number of carbonyl (C=O) groups excluding carboxylic acids is 1. The largest absolute Gasteiger partial charge is 0.507 e. The van der Waals surface area contributed by atoms with Crippen LogP contribution in [-0.4, -0.2) is 98.0 Å². The lowest BCUT2D eigenvalue weighted by Gasteiger charge is -2.41. The van der Waals surface area contributed by atoms with Crippen molar-refractivity contribution < 1.29 is 59.5 Å². The summed E-state index contributed by atoms with van der Waals surface area (Å²) in [4.78, 5) is 23.2. The van der Waals surface area contributed by atoms with Gasteiger partial charge in [-0.3, -0.25) is 4.79 Å². The topological polar surface area (TPSA) is 203 Å². The molecule has 0 aliphatic carbocycles. The zero-order valence-corrected chi connectivity index (χ0v) is 16.8. The Hall–Kier alpha value is -2.32. The molecule has 0 unspecified atom stereocenters.